The Bertz CT molecular complexity index is 847. The Kier molecular flexibility index (Phi) is 4.55. The van der Waals surface area contributed by atoms with Crippen LogP contribution in [0.25, 0.3) is 0 Å². The SMILES string of the molecule is O=C1c2ccccc2N[C@H](c2ccccc2C(F)(F)F)N1C[C@H]1CCCO1. The van der Waals surface area contributed by atoms with Crippen molar-refractivity contribution in [2.24, 2.45) is 0 Å². The lowest BCUT2D eigenvalue weighted by molar-refractivity contribution is -0.138. The molecule has 27 heavy (non-hydrogen) atoms. The summed E-state index contributed by atoms with van der Waals surface area (Å²) in [5.41, 5.74) is 0.280. The van der Waals surface area contributed by atoms with Crippen LogP contribution in [0.3, 0.4) is 0 Å². The molecule has 1 amide bonds. The molecule has 2 atom stereocenters. The van der Waals surface area contributed by atoms with Gasteiger partial charge in [-0.15, -0.1) is 0 Å². The van der Waals surface area contributed by atoms with Gasteiger partial charge in [0.2, 0.25) is 0 Å². The quantitative estimate of drug-likeness (QED) is 0.861. The zero-order valence-corrected chi connectivity index (χ0v) is 14.5. The Morgan fingerprint density at radius 1 is 1.11 bits per heavy atom. The van der Waals surface area contributed by atoms with Gasteiger partial charge in [-0.3, -0.25) is 4.79 Å². The molecular formula is C20H19F3N2O2. The van der Waals surface area contributed by atoms with E-state index in [9.17, 15) is 18.0 Å². The Hall–Kier alpha value is -2.54. The molecule has 7 heteroatoms. The fourth-order valence-corrected chi connectivity index (χ4v) is 3.73. The summed E-state index contributed by atoms with van der Waals surface area (Å²) in [5, 5.41) is 3.13. The van der Waals surface area contributed by atoms with Gasteiger partial charge in [0.05, 0.1) is 17.2 Å². The first-order valence-corrected chi connectivity index (χ1v) is 8.89. The van der Waals surface area contributed by atoms with Crippen LogP contribution in [0.2, 0.25) is 0 Å². The van der Waals surface area contributed by atoms with E-state index in [1.54, 1.807) is 30.3 Å². The van der Waals surface area contributed by atoms with Crippen molar-refractivity contribution in [2.45, 2.75) is 31.3 Å². The maximum atomic E-state index is 13.6. The normalized spacial score (nSPS) is 22.5. The fourth-order valence-electron chi connectivity index (χ4n) is 3.73. The third-order valence-electron chi connectivity index (χ3n) is 5.01. The van der Waals surface area contributed by atoms with E-state index in [1.807, 2.05) is 0 Å². The standard InChI is InChI=1S/C20H19F3N2O2/c21-20(22,23)16-9-3-1-7-14(16)18-24-17-10-4-2-8-15(17)19(26)25(18)12-13-6-5-11-27-13/h1-4,7-10,13,18,24H,5-6,11-12H2/t13-,18+/m1/s1. The van der Waals surface area contributed by atoms with E-state index in [2.05, 4.69) is 5.32 Å². The van der Waals surface area contributed by atoms with Gasteiger partial charge in [0.15, 0.2) is 0 Å². The van der Waals surface area contributed by atoms with Crippen LogP contribution in [0.15, 0.2) is 48.5 Å². The van der Waals surface area contributed by atoms with Crippen molar-refractivity contribution in [3.8, 4) is 0 Å². The van der Waals surface area contributed by atoms with E-state index < -0.39 is 17.9 Å². The molecule has 0 aromatic heterocycles. The number of alkyl halides is 3. The minimum absolute atomic E-state index is 0.0332. The summed E-state index contributed by atoms with van der Waals surface area (Å²) in [6.45, 7) is 0.859. The molecule has 0 spiro atoms. The molecule has 0 radical (unpaired) electrons. The lowest BCUT2D eigenvalue weighted by Crippen LogP contribution is -2.46. The number of nitrogens with one attached hydrogen (secondary N) is 1. The fraction of sp³-hybridized carbons (Fsp3) is 0.350. The highest BCUT2D eigenvalue weighted by Gasteiger charge is 2.40. The molecule has 2 heterocycles. The number of amides is 1. The van der Waals surface area contributed by atoms with Gasteiger partial charge in [0, 0.05) is 24.4 Å². The zero-order valence-electron chi connectivity index (χ0n) is 14.5. The van der Waals surface area contributed by atoms with E-state index in [-0.39, 0.29) is 24.1 Å². The largest absolute Gasteiger partial charge is 0.416 e. The number of anilines is 1. The van der Waals surface area contributed by atoms with E-state index in [0.717, 1.165) is 18.9 Å². The Morgan fingerprint density at radius 3 is 2.59 bits per heavy atom. The molecule has 0 saturated carbocycles. The van der Waals surface area contributed by atoms with Crippen molar-refractivity contribution in [3.05, 3.63) is 65.2 Å². The maximum Gasteiger partial charge on any atom is 0.416 e. The summed E-state index contributed by atoms with van der Waals surface area (Å²) in [6, 6.07) is 12.3. The highest BCUT2D eigenvalue weighted by Crippen LogP contribution is 2.40. The second kappa shape index (κ2) is 6.88. The molecule has 4 rings (SSSR count). The number of para-hydroxylation sites is 1. The first kappa shape index (κ1) is 17.9. The monoisotopic (exact) mass is 376 g/mol. The van der Waals surface area contributed by atoms with Crippen molar-refractivity contribution < 1.29 is 22.7 Å². The highest BCUT2D eigenvalue weighted by atomic mass is 19.4. The molecule has 0 bridgehead atoms. The van der Waals surface area contributed by atoms with E-state index in [1.165, 1.54) is 17.0 Å². The summed E-state index contributed by atoms with van der Waals surface area (Å²) in [4.78, 5) is 14.6. The van der Waals surface area contributed by atoms with Crippen molar-refractivity contribution in [3.63, 3.8) is 0 Å². The van der Waals surface area contributed by atoms with Crippen LogP contribution in [0.5, 0.6) is 0 Å². The predicted octanol–water partition coefficient (Wildman–Crippen LogP) is 4.45. The summed E-state index contributed by atoms with van der Waals surface area (Å²) in [6.07, 6.45) is -3.90. The number of halogens is 3. The van der Waals surface area contributed by atoms with Crippen LogP contribution in [0.4, 0.5) is 18.9 Å². The summed E-state index contributed by atoms with van der Waals surface area (Å²) in [7, 11) is 0. The number of ether oxygens (including phenoxy) is 1. The molecule has 2 aromatic rings. The lowest BCUT2D eigenvalue weighted by atomic mass is 9.98. The average Bonchev–Trinajstić information content (AvgIpc) is 3.16. The number of benzene rings is 2. The summed E-state index contributed by atoms with van der Waals surface area (Å²) in [5.74, 6) is -0.290. The predicted molar refractivity (Wildman–Crippen MR) is 94.3 cm³/mol. The van der Waals surface area contributed by atoms with E-state index >= 15 is 0 Å². The molecule has 0 aliphatic carbocycles. The van der Waals surface area contributed by atoms with E-state index in [0.29, 0.717) is 17.9 Å². The average molecular weight is 376 g/mol. The molecule has 1 fully saturated rings. The maximum absolute atomic E-state index is 13.6. The third kappa shape index (κ3) is 3.39. The van der Waals surface area contributed by atoms with Gasteiger partial charge in [0.25, 0.3) is 5.91 Å². The molecule has 2 aliphatic heterocycles. The minimum Gasteiger partial charge on any atom is -0.376 e. The van der Waals surface area contributed by atoms with Gasteiger partial charge >= 0.3 is 6.18 Å². The first-order chi connectivity index (χ1) is 12.9. The van der Waals surface area contributed by atoms with Gasteiger partial charge in [-0.1, -0.05) is 30.3 Å². The van der Waals surface area contributed by atoms with Gasteiger partial charge in [-0.05, 0) is 31.0 Å². The Labute approximate surface area is 154 Å². The number of rotatable bonds is 3. The van der Waals surface area contributed by atoms with E-state index in [4.69, 9.17) is 4.74 Å². The molecular weight excluding hydrogens is 357 g/mol. The lowest BCUT2D eigenvalue weighted by Gasteiger charge is -2.40. The molecule has 142 valence electrons. The molecule has 0 unspecified atom stereocenters. The highest BCUT2D eigenvalue weighted by molar-refractivity contribution is 6.01. The minimum atomic E-state index is -4.51. The number of hydrogen-bond acceptors (Lipinski definition) is 3. The van der Waals surface area contributed by atoms with Gasteiger partial charge < -0.3 is 15.0 Å². The molecule has 2 aromatic carbocycles. The summed E-state index contributed by atoms with van der Waals surface area (Å²) >= 11 is 0. The molecule has 1 saturated heterocycles. The van der Waals surface area contributed by atoms with Crippen LogP contribution < -0.4 is 5.32 Å². The van der Waals surface area contributed by atoms with Crippen molar-refractivity contribution in [1.29, 1.82) is 0 Å². The molecule has 2 aliphatic rings. The van der Waals surface area contributed by atoms with Crippen molar-refractivity contribution >= 4 is 11.6 Å². The van der Waals surface area contributed by atoms with Crippen LogP contribution >= 0.6 is 0 Å². The number of carbonyl (C=O) groups excluding carboxylic acids is 1. The van der Waals surface area contributed by atoms with Gasteiger partial charge in [0.1, 0.15) is 6.17 Å². The first-order valence-electron chi connectivity index (χ1n) is 8.89. The number of nitrogens with zero attached hydrogens (tertiary/aromatic N) is 1. The molecule has 1 N–H and O–H groups in total. The molecule has 4 nitrogen and oxygen atoms in total. The topological polar surface area (TPSA) is 41.6 Å². The second-order valence-electron chi connectivity index (χ2n) is 6.77. The van der Waals surface area contributed by atoms with Crippen LogP contribution in [-0.2, 0) is 10.9 Å². The zero-order chi connectivity index (χ0) is 19.0. The Morgan fingerprint density at radius 2 is 1.85 bits per heavy atom. The van der Waals surface area contributed by atoms with Crippen molar-refractivity contribution in [2.75, 3.05) is 18.5 Å². The summed E-state index contributed by atoms with van der Waals surface area (Å²) < 4.78 is 46.3. The third-order valence-corrected chi connectivity index (χ3v) is 5.01. The second-order valence-corrected chi connectivity index (χ2v) is 6.77. The smallest absolute Gasteiger partial charge is 0.376 e. The number of fused-ring (bicyclic) bond motifs is 1. The van der Waals surface area contributed by atoms with Crippen LogP contribution in [0, 0.1) is 0 Å². The van der Waals surface area contributed by atoms with Crippen LogP contribution in [-0.4, -0.2) is 30.1 Å². The number of carbonyl (C=O) groups is 1. The van der Waals surface area contributed by atoms with Gasteiger partial charge in [-0.25, -0.2) is 0 Å². The van der Waals surface area contributed by atoms with Crippen molar-refractivity contribution in [1.82, 2.24) is 4.90 Å². The van der Waals surface area contributed by atoms with Crippen LogP contribution in [0.1, 0.15) is 40.5 Å². The van der Waals surface area contributed by atoms with Gasteiger partial charge in [-0.2, -0.15) is 13.2 Å². The Balaban J connectivity index is 1.78. The number of hydrogen-bond donors (Lipinski definition) is 1.